The van der Waals surface area contributed by atoms with Gasteiger partial charge in [-0.15, -0.1) is 0 Å². The first kappa shape index (κ1) is 23.6. The Balaban J connectivity index is 1.62. The third-order valence-electron chi connectivity index (χ3n) is 12.9. The van der Waals surface area contributed by atoms with E-state index in [4.69, 9.17) is 0 Å². The van der Waals surface area contributed by atoms with Crippen molar-refractivity contribution in [1.29, 1.82) is 0 Å². The average Bonchev–Trinajstić information content (AvgIpc) is 3.13. The Morgan fingerprint density at radius 3 is 2.33 bits per heavy atom. The SMILES string of the molecule is CC(C)[C@@H]1CC[C@]2(C(=O)O)CC[C@]3(C)[C@H](CC=C4[C@@]5(C)CCC(=O)C(C)(C)[C@@H]5CC[C@]43C)[C@@H]12. The van der Waals surface area contributed by atoms with E-state index in [0.29, 0.717) is 41.8 Å². The van der Waals surface area contributed by atoms with Crippen molar-refractivity contribution in [3.63, 3.8) is 0 Å². The number of Topliss-reactive ketones (excluding diaryl/α,β-unsaturated/α-hetero) is 1. The lowest BCUT2D eigenvalue weighted by molar-refractivity contribution is -0.177. The highest BCUT2D eigenvalue weighted by atomic mass is 16.4. The van der Waals surface area contributed by atoms with Crippen LogP contribution in [0.1, 0.15) is 106 Å². The molecule has 5 rings (SSSR count). The van der Waals surface area contributed by atoms with Crippen molar-refractivity contribution < 1.29 is 14.7 Å². The number of hydrogen-bond donors (Lipinski definition) is 1. The van der Waals surface area contributed by atoms with Crippen LogP contribution in [0.2, 0.25) is 0 Å². The van der Waals surface area contributed by atoms with Crippen LogP contribution in [0.5, 0.6) is 0 Å². The molecule has 33 heavy (non-hydrogen) atoms. The molecule has 0 aromatic heterocycles. The molecule has 3 nitrogen and oxygen atoms in total. The van der Waals surface area contributed by atoms with E-state index in [1.54, 1.807) is 5.57 Å². The molecule has 0 unspecified atom stereocenters. The molecule has 8 atom stereocenters. The largest absolute Gasteiger partial charge is 0.481 e. The predicted octanol–water partition coefficient (Wildman–Crippen LogP) is 7.30. The van der Waals surface area contributed by atoms with Crippen molar-refractivity contribution in [2.45, 2.75) is 106 Å². The molecule has 0 radical (unpaired) electrons. The van der Waals surface area contributed by atoms with E-state index in [-0.39, 0.29) is 21.7 Å². The van der Waals surface area contributed by atoms with Gasteiger partial charge in [-0.05, 0) is 97.2 Å². The van der Waals surface area contributed by atoms with Gasteiger partial charge in [0, 0.05) is 11.8 Å². The molecule has 0 bridgehead atoms. The average molecular weight is 455 g/mol. The maximum Gasteiger partial charge on any atom is 0.309 e. The zero-order valence-corrected chi connectivity index (χ0v) is 22.1. The molecule has 0 heterocycles. The van der Waals surface area contributed by atoms with Gasteiger partial charge in [0.15, 0.2) is 0 Å². The predicted molar refractivity (Wildman–Crippen MR) is 132 cm³/mol. The third kappa shape index (κ3) is 2.69. The fourth-order valence-corrected chi connectivity index (χ4v) is 10.8. The van der Waals surface area contributed by atoms with Gasteiger partial charge in [-0.1, -0.05) is 60.1 Å². The summed E-state index contributed by atoms with van der Waals surface area (Å²) in [4.78, 5) is 25.7. The molecule has 4 saturated carbocycles. The highest BCUT2D eigenvalue weighted by Gasteiger charge is 2.70. The maximum atomic E-state index is 12.9. The quantitative estimate of drug-likeness (QED) is 0.445. The van der Waals surface area contributed by atoms with Gasteiger partial charge in [-0.2, -0.15) is 0 Å². The monoisotopic (exact) mass is 454 g/mol. The number of rotatable bonds is 2. The number of carboxylic acid groups (broad SMARTS) is 1. The summed E-state index contributed by atoms with van der Waals surface area (Å²) < 4.78 is 0. The second-order valence-corrected chi connectivity index (χ2v) is 14.3. The lowest BCUT2D eigenvalue weighted by atomic mass is 9.35. The van der Waals surface area contributed by atoms with Gasteiger partial charge >= 0.3 is 5.97 Å². The second kappa shape index (κ2) is 6.97. The Morgan fingerprint density at radius 2 is 1.70 bits per heavy atom. The van der Waals surface area contributed by atoms with Crippen molar-refractivity contribution in [1.82, 2.24) is 0 Å². The third-order valence-corrected chi connectivity index (χ3v) is 12.9. The smallest absolute Gasteiger partial charge is 0.309 e. The lowest BCUT2D eigenvalue weighted by Crippen LogP contribution is -2.63. The molecule has 0 aliphatic heterocycles. The normalized spacial score (nSPS) is 50.7. The Kier molecular flexibility index (Phi) is 4.99. The number of carbonyl (C=O) groups is 2. The van der Waals surface area contributed by atoms with E-state index in [9.17, 15) is 14.7 Å². The second-order valence-electron chi connectivity index (χ2n) is 14.3. The molecule has 5 aliphatic rings. The van der Waals surface area contributed by atoms with Crippen LogP contribution >= 0.6 is 0 Å². The van der Waals surface area contributed by atoms with Crippen molar-refractivity contribution in [3.8, 4) is 0 Å². The van der Waals surface area contributed by atoms with Gasteiger partial charge in [0.2, 0.25) is 0 Å². The molecule has 0 amide bonds. The van der Waals surface area contributed by atoms with Gasteiger partial charge in [-0.3, -0.25) is 9.59 Å². The molecule has 5 aliphatic carbocycles. The zero-order chi connectivity index (χ0) is 24.2. The van der Waals surface area contributed by atoms with E-state index < -0.39 is 11.4 Å². The van der Waals surface area contributed by atoms with E-state index >= 15 is 0 Å². The van der Waals surface area contributed by atoms with Crippen LogP contribution in [-0.2, 0) is 9.59 Å². The van der Waals surface area contributed by atoms with Crippen LogP contribution in [0, 0.1) is 56.7 Å². The van der Waals surface area contributed by atoms with Crippen molar-refractivity contribution in [2.24, 2.45) is 56.7 Å². The van der Waals surface area contributed by atoms with Gasteiger partial charge in [0.05, 0.1) is 5.41 Å². The molecular formula is C30H46O3. The first-order valence-corrected chi connectivity index (χ1v) is 13.7. The van der Waals surface area contributed by atoms with Crippen LogP contribution in [0.25, 0.3) is 0 Å². The highest BCUT2D eigenvalue weighted by molar-refractivity contribution is 5.85. The number of fused-ring (bicyclic) bond motifs is 7. The summed E-state index contributed by atoms with van der Waals surface area (Å²) in [5.74, 6) is 2.13. The van der Waals surface area contributed by atoms with Gasteiger partial charge in [-0.25, -0.2) is 0 Å². The zero-order valence-electron chi connectivity index (χ0n) is 22.1. The van der Waals surface area contributed by atoms with Crippen LogP contribution in [-0.4, -0.2) is 16.9 Å². The number of carboxylic acids is 1. The number of allylic oxidation sites excluding steroid dienone is 2. The first-order valence-electron chi connectivity index (χ1n) is 13.7. The Morgan fingerprint density at radius 1 is 1.00 bits per heavy atom. The number of carbonyl (C=O) groups excluding carboxylic acids is 1. The standard InChI is InChI=1S/C30H46O3/c1-18(2)19-10-15-30(25(32)33)17-16-28(6)20(24(19)30)8-9-22-27(5)13-12-23(31)26(3,4)21(27)11-14-29(22,28)7/h9,18-21,24H,8,10-17H2,1-7H3,(H,32,33)/t19-,20+,21-,24+,27-,28+,29+,30-/m0/s1. The summed E-state index contributed by atoms with van der Waals surface area (Å²) in [5, 5.41) is 10.5. The Hall–Kier alpha value is -1.12. The summed E-state index contributed by atoms with van der Waals surface area (Å²) in [5.41, 5.74) is 1.21. The first-order chi connectivity index (χ1) is 15.3. The number of hydrogen-bond acceptors (Lipinski definition) is 2. The fourth-order valence-electron chi connectivity index (χ4n) is 10.8. The van der Waals surface area contributed by atoms with Crippen molar-refractivity contribution in [3.05, 3.63) is 11.6 Å². The minimum atomic E-state index is -0.527. The van der Waals surface area contributed by atoms with E-state index in [1.807, 2.05) is 0 Å². The van der Waals surface area contributed by atoms with Crippen LogP contribution in [0.4, 0.5) is 0 Å². The van der Waals surface area contributed by atoms with Gasteiger partial charge in [0.1, 0.15) is 5.78 Å². The van der Waals surface area contributed by atoms with Crippen molar-refractivity contribution >= 4 is 11.8 Å². The summed E-state index contributed by atoms with van der Waals surface area (Å²) in [6, 6.07) is 0. The van der Waals surface area contributed by atoms with Crippen LogP contribution in [0.15, 0.2) is 11.6 Å². The van der Waals surface area contributed by atoms with Gasteiger partial charge < -0.3 is 5.11 Å². The van der Waals surface area contributed by atoms with Gasteiger partial charge in [0.25, 0.3) is 0 Å². The molecule has 4 fully saturated rings. The van der Waals surface area contributed by atoms with Crippen LogP contribution < -0.4 is 0 Å². The van der Waals surface area contributed by atoms with E-state index in [1.165, 1.54) is 0 Å². The fraction of sp³-hybridized carbons (Fsp3) is 0.867. The molecule has 3 heteroatoms. The molecule has 0 aromatic carbocycles. The summed E-state index contributed by atoms with van der Waals surface area (Å²) in [7, 11) is 0. The van der Waals surface area contributed by atoms with Crippen LogP contribution in [0.3, 0.4) is 0 Å². The molecular weight excluding hydrogens is 408 g/mol. The molecule has 1 N–H and O–H groups in total. The minimum absolute atomic E-state index is 0.0901. The maximum absolute atomic E-state index is 12.9. The molecule has 184 valence electrons. The number of ketones is 1. The minimum Gasteiger partial charge on any atom is -0.481 e. The topological polar surface area (TPSA) is 54.4 Å². The number of aliphatic carboxylic acids is 1. The Bertz CT molecular complexity index is 914. The highest BCUT2D eigenvalue weighted by Crippen LogP contribution is 2.76. The summed E-state index contributed by atoms with van der Waals surface area (Å²) >= 11 is 0. The van der Waals surface area contributed by atoms with E-state index in [0.717, 1.165) is 51.4 Å². The molecule has 0 spiro atoms. The van der Waals surface area contributed by atoms with E-state index in [2.05, 4.69) is 54.5 Å². The Labute approximate surface area is 201 Å². The lowest BCUT2D eigenvalue weighted by Gasteiger charge is -2.69. The summed E-state index contributed by atoms with van der Waals surface area (Å²) in [6.07, 6.45) is 11.4. The molecule has 0 saturated heterocycles. The van der Waals surface area contributed by atoms with Crippen molar-refractivity contribution in [2.75, 3.05) is 0 Å². The summed E-state index contributed by atoms with van der Waals surface area (Å²) in [6.45, 7) is 16.6. The molecule has 0 aromatic rings.